The van der Waals surface area contributed by atoms with Crippen molar-refractivity contribution >= 4 is 15.9 Å². The average Bonchev–Trinajstić information content (AvgIpc) is 3.29. The van der Waals surface area contributed by atoms with E-state index >= 15 is 0 Å². The Labute approximate surface area is 184 Å². The smallest absolute Gasteiger partial charge is 0.422 e. The van der Waals surface area contributed by atoms with E-state index in [-0.39, 0.29) is 35.4 Å². The summed E-state index contributed by atoms with van der Waals surface area (Å²) in [6.07, 6.45) is -2.82. The van der Waals surface area contributed by atoms with Crippen LogP contribution in [0.4, 0.5) is 13.2 Å². The summed E-state index contributed by atoms with van der Waals surface area (Å²) in [6, 6.07) is 11.4. The molecule has 174 valence electrons. The molecule has 1 saturated heterocycles. The van der Waals surface area contributed by atoms with Crippen LogP contribution in [0, 0.1) is 0 Å². The SMILES string of the molecule is O=C(NCc1ccc(OCC(F)(F)F)cc1)c1ccc(S(=O)(=O)NCC2CCCO2)cc1. The maximum atomic E-state index is 12.4. The van der Waals surface area contributed by atoms with E-state index in [1.165, 1.54) is 36.4 Å². The van der Waals surface area contributed by atoms with Crippen molar-refractivity contribution in [3.05, 3.63) is 59.7 Å². The van der Waals surface area contributed by atoms with Gasteiger partial charge < -0.3 is 14.8 Å². The van der Waals surface area contributed by atoms with Crippen LogP contribution in [0.5, 0.6) is 5.75 Å². The maximum absolute atomic E-state index is 12.4. The fraction of sp³-hybridized carbons (Fsp3) is 0.381. The van der Waals surface area contributed by atoms with Crippen LogP contribution in [0.15, 0.2) is 53.4 Å². The van der Waals surface area contributed by atoms with Crippen LogP contribution >= 0.6 is 0 Å². The van der Waals surface area contributed by atoms with Crippen molar-refractivity contribution in [1.29, 1.82) is 0 Å². The zero-order chi connectivity index (χ0) is 23.2. The molecule has 2 N–H and O–H groups in total. The number of benzene rings is 2. The van der Waals surface area contributed by atoms with E-state index < -0.39 is 28.7 Å². The molecule has 1 amide bonds. The Morgan fingerprint density at radius 1 is 1.09 bits per heavy atom. The average molecular weight is 472 g/mol. The topological polar surface area (TPSA) is 93.7 Å². The molecule has 2 aromatic rings. The molecule has 0 aliphatic carbocycles. The summed E-state index contributed by atoms with van der Waals surface area (Å²) in [5, 5.41) is 2.67. The van der Waals surface area contributed by atoms with Gasteiger partial charge in [-0.05, 0) is 54.8 Å². The lowest BCUT2D eigenvalue weighted by Gasteiger charge is -2.12. The molecule has 0 saturated carbocycles. The van der Waals surface area contributed by atoms with Gasteiger partial charge in [-0.1, -0.05) is 12.1 Å². The second-order valence-corrected chi connectivity index (χ2v) is 9.01. The molecule has 1 fully saturated rings. The van der Waals surface area contributed by atoms with E-state index in [0.29, 0.717) is 12.2 Å². The molecule has 1 heterocycles. The highest BCUT2D eigenvalue weighted by atomic mass is 32.2. The minimum absolute atomic E-state index is 0.0430. The number of hydrogen-bond donors (Lipinski definition) is 2. The van der Waals surface area contributed by atoms with E-state index in [4.69, 9.17) is 4.74 Å². The van der Waals surface area contributed by atoms with Crippen molar-refractivity contribution in [1.82, 2.24) is 10.0 Å². The van der Waals surface area contributed by atoms with Crippen LogP contribution < -0.4 is 14.8 Å². The largest absolute Gasteiger partial charge is 0.484 e. The van der Waals surface area contributed by atoms with E-state index in [1.54, 1.807) is 12.1 Å². The van der Waals surface area contributed by atoms with Crippen molar-refractivity contribution in [2.45, 2.75) is 36.6 Å². The first-order valence-electron chi connectivity index (χ1n) is 9.90. The Hall–Kier alpha value is -2.63. The van der Waals surface area contributed by atoms with Crippen molar-refractivity contribution in [3.8, 4) is 5.75 Å². The molecule has 1 atom stereocenters. The summed E-state index contributed by atoms with van der Waals surface area (Å²) in [5.74, 6) is -0.346. The minimum atomic E-state index is -4.41. The van der Waals surface area contributed by atoms with Crippen molar-refractivity contribution in [2.24, 2.45) is 0 Å². The lowest BCUT2D eigenvalue weighted by atomic mass is 10.2. The van der Waals surface area contributed by atoms with Gasteiger partial charge in [0.15, 0.2) is 6.61 Å². The van der Waals surface area contributed by atoms with Gasteiger partial charge in [0, 0.05) is 25.3 Å². The summed E-state index contributed by atoms with van der Waals surface area (Å²) in [6.45, 7) is -0.406. The van der Waals surface area contributed by atoms with Crippen LogP contribution in [0.2, 0.25) is 0 Å². The molecular weight excluding hydrogens is 449 g/mol. The Kier molecular flexibility index (Phi) is 7.75. The molecular formula is C21H23F3N2O5S. The quantitative estimate of drug-likeness (QED) is 0.585. The van der Waals surface area contributed by atoms with E-state index in [0.717, 1.165) is 12.8 Å². The molecule has 1 unspecified atom stereocenters. The molecule has 1 aliphatic heterocycles. The minimum Gasteiger partial charge on any atom is -0.484 e. The van der Waals surface area contributed by atoms with Crippen molar-refractivity contribution in [3.63, 3.8) is 0 Å². The Morgan fingerprint density at radius 3 is 2.38 bits per heavy atom. The molecule has 11 heteroatoms. The van der Waals surface area contributed by atoms with Gasteiger partial charge in [0.25, 0.3) is 5.91 Å². The van der Waals surface area contributed by atoms with Crippen LogP contribution in [0.25, 0.3) is 0 Å². The molecule has 3 rings (SSSR count). The number of nitrogens with one attached hydrogen (secondary N) is 2. The zero-order valence-corrected chi connectivity index (χ0v) is 17.8. The predicted molar refractivity (Wildman–Crippen MR) is 110 cm³/mol. The summed E-state index contributed by atoms with van der Waals surface area (Å²) >= 11 is 0. The lowest BCUT2D eigenvalue weighted by Crippen LogP contribution is -2.31. The molecule has 2 aromatic carbocycles. The van der Waals surface area contributed by atoms with Gasteiger partial charge in [0.05, 0.1) is 11.0 Å². The fourth-order valence-corrected chi connectivity index (χ4v) is 4.10. The molecule has 32 heavy (non-hydrogen) atoms. The monoisotopic (exact) mass is 472 g/mol. The van der Waals surface area contributed by atoms with Gasteiger partial charge in [-0.15, -0.1) is 0 Å². The summed E-state index contributed by atoms with van der Waals surface area (Å²) in [4.78, 5) is 12.4. The molecule has 0 radical (unpaired) electrons. The van der Waals surface area contributed by atoms with E-state index in [1.807, 2.05) is 0 Å². The first kappa shape index (κ1) is 24.0. The van der Waals surface area contributed by atoms with Gasteiger partial charge >= 0.3 is 6.18 Å². The first-order chi connectivity index (χ1) is 15.1. The molecule has 0 spiro atoms. The van der Waals surface area contributed by atoms with Gasteiger partial charge in [-0.25, -0.2) is 13.1 Å². The number of halogens is 3. The number of carbonyl (C=O) groups excluding carboxylic acids is 1. The molecule has 0 aromatic heterocycles. The third-order valence-electron chi connectivity index (χ3n) is 4.73. The molecule has 7 nitrogen and oxygen atoms in total. The Bertz CT molecular complexity index is 1000. The lowest BCUT2D eigenvalue weighted by molar-refractivity contribution is -0.153. The number of sulfonamides is 1. The van der Waals surface area contributed by atoms with Crippen LogP contribution in [-0.2, 0) is 21.3 Å². The third-order valence-corrected chi connectivity index (χ3v) is 6.17. The highest BCUT2D eigenvalue weighted by molar-refractivity contribution is 7.89. The number of hydrogen-bond acceptors (Lipinski definition) is 5. The van der Waals surface area contributed by atoms with Gasteiger partial charge in [-0.3, -0.25) is 4.79 Å². The predicted octanol–water partition coefficient (Wildman–Crippen LogP) is 3.02. The summed E-state index contributed by atoms with van der Waals surface area (Å²) < 4.78 is 73.8. The van der Waals surface area contributed by atoms with Gasteiger partial charge in [0.2, 0.25) is 10.0 Å². The maximum Gasteiger partial charge on any atom is 0.422 e. The van der Waals surface area contributed by atoms with Crippen LogP contribution in [-0.4, -0.2) is 46.4 Å². The Balaban J connectivity index is 1.50. The van der Waals surface area contributed by atoms with E-state index in [2.05, 4.69) is 14.8 Å². The summed E-state index contributed by atoms with van der Waals surface area (Å²) in [7, 11) is -3.71. The van der Waals surface area contributed by atoms with Gasteiger partial charge in [-0.2, -0.15) is 13.2 Å². The number of amides is 1. The number of alkyl halides is 3. The van der Waals surface area contributed by atoms with Gasteiger partial charge in [0.1, 0.15) is 5.75 Å². The Morgan fingerprint density at radius 2 is 1.78 bits per heavy atom. The molecule has 0 bridgehead atoms. The fourth-order valence-electron chi connectivity index (χ4n) is 3.03. The second kappa shape index (κ2) is 10.3. The standard InChI is InChI=1S/C21H23F3N2O5S/c22-21(23,24)14-31-17-7-3-15(4-8-17)12-25-20(27)16-5-9-19(10-6-16)32(28,29)26-13-18-2-1-11-30-18/h3-10,18,26H,1-2,11-14H2,(H,25,27). The normalized spacial score (nSPS) is 16.7. The molecule has 1 aliphatic rings. The second-order valence-electron chi connectivity index (χ2n) is 7.24. The van der Waals surface area contributed by atoms with Crippen LogP contribution in [0.3, 0.4) is 0 Å². The zero-order valence-electron chi connectivity index (χ0n) is 17.0. The number of carbonyl (C=O) groups is 1. The summed E-state index contributed by atoms with van der Waals surface area (Å²) in [5.41, 5.74) is 0.934. The highest BCUT2D eigenvalue weighted by Crippen LogP contribution is 2.19. The van der Waals surface area contributed by atoms with Crippen molar-refractivity contribution < 1.29 is 35.9 Å². The van der Waals surface area contributed by atoms with Crippen LogP contribution in [0.1, 0.15) is 28.8 Å². The number of rotatable bonds is 9. The van der Waals surface area contributed by atoms with E-state index in [9.17, 15) is 26.4 Å². The highest BCUT2D eigenvalue weighted by Gasteiger charge is 2.28. The third kappa shape index (κ3) is 7.21. The van der Waals surface area contributed by atoms with Crippen molar-refractivity contribution in [2.75, 3.05) is 19.8 Å². The number of ether oxygens (including phenoxy) is 2. The first-order valence-corrected chi connectivity index (χ1v) is 11.4.